The molecule has 4 aromatic rings. The Labute approximate surface area is 169 Å². The van der Waals surface area contributed by atoms with Crippen LogP contribution in [0.4, 0.5) is 8.78 Å². The maximum absolute atomic E-state index is 14.0. The minimum absolute atomic E-state index is 0.00480. The van der Waals surface area contributed by atoms with Gasteiger partial charge in [0.1, 0.15) is 17.5 Å². The van der Waals surface area contributed by atoms with Gasteiger partial charge in [0.15, 0.2) is 0 Å². The second-order valence-electron chi connectivity index (χ2n) is 6.48. The Balaban J connectivity index is 1.92. The first-order valence-corrected chi connectivity index (χ1v) is 8.93. The van der Waals surface area contributed by atoms with Crippen LogP contribution in [0.1, 0.15) is 21.7 Å². The fraction of sp³-hybridized carbons (Fsp3) is 0. The smallest absolute Gasteiger partial charge is 0.335 e. The molecule has 0 bridgehead atoms. The number of nitrogens with zero attached hydrogens (tertiary/aromatic N) is 2. The zero-order valence-electron chi connectivity index (χ0n) is 15.4. The molecule has 4 rings (SSSR count). The summed E-state index contributed by atoms with van der Waals surface area (Å²) in [6, 6.07) is 15.5. The number of benzene rings is 3. The fourth-order valence-electron chi connectivity index (χ4n) is 3.07. The molecule has 0 aliphatic heterocycles. The molecule has 0 radical (unpaired) electrons. The standard InChI is InChI=1S/C23H14F2N2O3/c24-16-8-11-19(25)15(13-16)7-12-21-26-20-4-2-1-3-18(20)22(28)27(21)17-9-5-14(6-10-17)23(29)30/h1-13H,(H,29,30)/b12-7+. The van der Waals surface area contributed by atoms with Crippen molar-refractivity contribution >= 4 is 29.0 Å². The highest BCUT2D eigenvalue weighted by atomic mass is 19.1. The van der Waals surface area contributed by atoms with Gasteiger partial charge in [-0.25, -0.2) is 18.6 Å². The second kappa shape index (κ2) is 7.71. The molecule has 0 saturated carbocycles. The Morgan fingerprint density at radius 3 is 2.43 bits per heavy atom. The lowest BCUT2D eigenvalue weighted by molar-refractivity contribution is 0.0697. The number of hydrogen-bond acceptors (Lipinski definition) is 3. The summed E-state index contributed by atoms with van der Waals surface area (Å²) in [5.74, 6) is -2.12. The molecule has 148 valence electrons. The molecule has 0 spiro atoms. The topological polar surface area (TPSA) is 72.2 Å². The van der Waals surface area contributed by atoms with E-state index in [0.717, 1.165) is 18.2 Å². The van der Waals surface area contributed by atoms with E-state index in [1.165, 1.54) is 41.0 Å². The maximum atomic E-state index is 14.0. The Hall–Kier alpha value is -4.13. The number of halogens is 2. The average Bonchev–Trinajstić information content (AvgIpc) is 2.74. The summed E-state index contributed by atoms with van der Waals surface area (Å²) in [7, 11) is 0. The predicted octanol–water partition coefficient (Wildman–Crippen LogP) is 4.53. The van der Waals surface area contributed by atoms with Crippen LogP contribution in [0.15, 0.2) is 71.5 Å². The highest BCUT2D eigenvalue weighted by Gasteiger charge is 2.12. The number of hydrogen-bond donors (Lipinski definition) is 1. The minimum Gasteiger partial charge on any atom is -0.478 e. The molecule has 1 aromatic heterocycles. The van der Waals surface area contributed by atoms with E-state index in [1.54, 1.807) is 24.3 Å². The summed E-state index contributed by atoms with van der Waals surface area (Å²) in [6.45, 7) is 0. The van der Waals surface area contributed by atoms with E-state index in [2.05, 4.69) is 4.98 Å². The Kier molecular flexibility index (Phi) is 4.93. The molecule has 0 aliphatic carbocycles. The molecule has 0 fully saturated rings. The van der Waals surface area contributed by atoms with Crippen molar-refractivity contribution in [1.82, 2.24) is 9.55 Å². The van der Waals surface area contributed by atoms with Gasteiger partial charge in [0.25, 0.3) is 5.56 Å². The number of rotatable bonds is 4. The van der Waals surface area contributed by atoms with Crippen molar-refractivity contribution in [3.8, 4) is 5.69 Å². The Bertz CT molecular complexity index is 1360. The highest BCUT2D eigenvalue weighted by molar-refractivity contribution is 5.88. The van der Waals surface area contributed by atoms with Gasteiger partial charge in [0.2, 0.25) is 0 Å². The van der Waals surface area contributed by atoms with Gasteiger partial charge in [-0.2, -0.15) is 0 Å². The van der Waals surface area contributed by atoms with E-state index >= 15 is 0 Å². The van der Waals surface area contributed by atoms with Gasteiger partial charge in [-0.05, 0) is 66.7 Å². The average molecular weight is 404 g/mol. The molecule has 7 heteroatoms. The number of carbonyl (C=O) groups is 1. The lowest BCUT2D eigenvalue weighted by atomic mass is 10.1. The molecule has 0 amide bonds. The first-order chi connectivity index (χ1) is 14.4. The molecular weight excluding hydrogens is 390 g/mol. The van der Waals surface area contributed by atoms with Gasteiger partial charge < -0.3 is 5.11 Å². The van der Waals surface area contributed by atoms with Crippen molar-refractivity contribution in [2.45, 2.75) is 0 Å². The number of aromatic carboxylic acids is 1. The SMILES string of the molecule is O=C(O)c1ccc(-n2c(/C=C/c3cc(F)ccc3F)nc3ccccc3c2=O)cc1. The van der Waals surface area contributed by atoms with Crippen LogP contribution in [0.5, 0.6) is 0 Å². The van der Waals surface area contributed by atoms with E-state index in [4.69, 9.17) is 5.11 Å². The van der Waals surface area contributed by atoms with Gasteiger partial charge in [-0.1, -0.05) is 12.1 Å². The summed E-state index contributed by atoms with van der Waals surface area (Å²) in [5.41, 5.74) is 0.538. The number of para-hydroxylation sites is 1. The van der Waals surface area contributed by atoms with Gasteiger partial charge in [0, 0.05) is 5.56 Å². The third kappa shape index (κ3) is 3.60. The highest BCUT2D eigenvalue weighted by Crippen LogP contribution is 2.18. The number of aromatic nitrogens is 2. The van der Waals surface area contributed by atoms with Crippen LogP contribution in [0.25, 0.3) is 28.7 Å². The van der Waals surface area contributed by atoms with Crippen molar-refractivity contribution in [2.75, 3.05) is 0 Å². The summed E-state index contributed by atoms with van der Waals surface area (Å²) in [6.07, 6.45) is 2.74. The van der Waals surface area contributed by atoms with Crippen LogP contribution in [0, 0.1) is 11.6 Å². The number of carboxylic acids is 1. The minimum atomic E-state index is -1.09. The van der Waals surface area contributed by atoms with Crippen molar-refractivity contribution in [1.29, 1.82) is 0 Å². The molecule has 1 N–H and O–H groups in total. The molecule has 0 atom stereocenters. The molecule has 1 heterocycles. The number of fused-ring (bicyclic) bond motifs is 1. The van der Waals surface area contributed by atoms with E-state index in [9.17, 15) is 18.4 Å². The maximum Gasteiger partial charge on any atom is 0.335 e. The third-order valence-electron chi connectivity index (χ3n) is 4.54. The quantitative estimate of drug-likeness (QED) is 0.542. The first kappa shape index (κ1) is 19.2. The lowest BCUT2D eigenvalue weighted by Crippen LogP contribution is -2.22. The summed E-state index contributed by atoms with van der Waals surface area (Å²) in [4.78, 5) is 28.7. The molecule has 30 heavy (non-hydrogen) atoms. The van der Waals surface area contributed by atoms with E-state index in [1.807, 2.05) is 0 Å². The van der Waals surface area contributed by atoms with Crippen molar-refractivity contribution in [3.63, 3.8) is 0 Å². The van der Waals surface area contributed by atoms with Crippen LogP contribution >= 0.6 is 0 Å². The molecule has 5 nitrogen and oxygen atoms in total. The first-order valence-electron chi connectivity index (χ1n) is 8.93. The van der Waals surface area contributed by atoms with E-state index in [0.29, 0.717) is 16.6 Å². The summed E-state index contributed by atoms with van der Waals surface area (Å²) < 4.78 is 28.8. The van der Waals surface area contributed by atoms with Crippen LogP contribution < -0.4 is 5.56 Å². The van der Waals surface area contributed by atoms with Crippen LogP contribution in [0.2, 0.25) is 0 Å². The second-order valence-corrected chi connectivity index (χ2v) is 6.48. The lowest BCUT2D eigenvalue weighted by Gasteiger charge is -2.12. The summed E-state index contributed by atoms with van der Waals surface area (Å²) in [5, 5.41) is 9.47. The summed E-state index contributed by atoms with van der Waals surface area (Å²) >= 11 is 0. The van der Waals surface area contributed by atoms with E-state index < -0.39 is 17.6 Å². The fourth-order valence-corrected chi connectivity index (χ4v) is 3.07. The molecule has 0 unspecified atom stereocenters. The Morgan fingerprint density at radius 2 is 1.70 bits per heavy atom. The van der Waals surface area contributed by atoms with Gasteiger partial charge in [-0.15, -0.1) is 0 Å². The largest absolute Gasteiger partial charge is 0.478 e. The third-order valence-corrected chi connectivity index (χ3v) is 4.54. The van der Waals surface area contributed by atoms with Crippen LogP contribution in [-0.4, -0.2) is 20.6 Å². The zero-order valence-corrected chi connectivity index (χ0v) is 15.4. The van der Waals surface area contributed by atoms with E-state index in [-0.39, 0.29) is 22.5 Å². The van der Waals surface area contributed by atoms with Crippen LogP contribution in [0.3, 0.4) is 0 Å². The van der Waals surface area contributed by atoms with Gasteiger partial charge in [0.05, 0.1) is 22.2 Å². The van der Waals surface area contributed by atoms with Gasteiger partial charge in [-0.3, -0.25) is 9.36 Å². The molecule has 3 aromatic carbocycles. The van der Waals surface area contributed by atoms with Crippen molar-refractivity contribution in [3.05, 3.63) is 106 Å². The molecule has 0 saturated heterocycles. The van der Waals surface area contributed by atoms with Gasteiger partial charge >= 0.3 is 5.97 Å². The zero-order chi connectivity index (χ0) is 21.3. The predicted molar refractivity (Wildman–Crippen MR) is 110 cm³/mol. The number of carboxylic acid groups (broad SMARTS) is 1. The molecular formula is C23H14F2N2O3. The van der Waals surface area contributed by atoms with Crippen LogP contribution in [-0.2, 0) is 0 Å². The van der Waals surface area contributed by atoms with Crippen molar-refractivity contribution in [2.24, 2.45) is 0 Å². The Morgan fingerprint density at radius 1 is 0.967 bits per heavy atom. The normalized spacial score (nSPS) is 11.3. The molecule has 0 aliphatic rings. The monoisotopic (exact) mass is 404 g/mol. The van der Waals surface area contributed by atoms with Crippen molar-refractivity contribution < 1.29 is 18.7 Å².